The van der Waals surface area contributed by atoms with E-state index in [1.165, 1.54) is 0 Å². The number of halogens is 2. The summed E-state index contributed by atoms with van der Waals surface area (Å²) in [6, 6.07) is 15.7. The van der Waals surface area contributed by atoms with E-state index in [1.54, 1.807) is 0 Å². The van der Waals surface area contributed by atoms with E-state index in [4.69, 9.17) is 11.6 Å². The second-order valence-corrected chi connectivity index (χ2v) is 5.90. The van der Waals surface area contributed by atoms with Crippen molar-refractivity contribution in [3.05, 3.63) is 76.0 Å². The van der Waals surface area contributed by atoms with E-state index in [0.29, 0.717) is 11.6 Å². The zero-order valence-electron chi connectivity index (χ0n) is 11.1. The maximum absolute atomic E-state index is 5.93. The van der Waals surface area contributed by atoms with Crippen molar-refractivity contribution >= 4 is 33.2 Å². The van der Waals surface area contributed by atoms with Gasteiger partial charge in [0.15, 0.2) is 0 Å². The summed E-state index contributed by atoms with van der Waals surface area (Å²) in [7, 11) is 0. The topological polar surface area (TPSA) is 29.9 Å². The molecule has 0 saturated carbocycles. The van der Waals surface area contributed by atoms with Gasteiger partial charge in [0.2, 0.25) is 0 Å². The van der Waals surface area contributed by atoms with Crippen molar-refractivity contribution in [3.8, 4) is 5.69 Å². The molecule has 0 aliphatic carbocycles. The maximum Gasteiger partial charge on any atom is 0.0645 e. The second-order valence-electron chi connectivity index (χ2n) is 4.61. The third-order valence-corrected chi connectivity index (χ3v) is 3.96. The largest absolute Gasteiger partial charge is 0.380 e. The first-order valence-electron chi connectivity index (χ1n) is 6.50. The van der Waals surface area contributed by atoms with Gasteiger partial charge in [0.1, 0.15) is 0 Å². The van der Waals surface area contributed by atoms with E-state index in [9.17, 15) is 0 Å². The minimum Gasteiger partial charge on any atom is -0.380 e. The molecule has 1 N–H and O–H groups in total. The highest BCUT2D eigenvalue weighted by molar-refractivity contribution is 9.10. The molecule has 5 heteroatoms. The Kier molecular flexibility index (Phi) is 4.27. The van der Waals surface area contributed by atoms with Gasteiger partial charge in [-0.3, -0.25) is 0 Å². The molecule has 0 spiro atoms. The third kappa shape index (κ3) is 3.46. The quantitative estimate of drug-likeness (QED) is 0.715. The molecule has 3 nitrogen and oxygen atoms in total. The zero-order chi connectivity index (χ0) is 14.7. The molecule has 106 valence electrons. The number of hydrogen-bond donors (Lipinski definition) is 1. The molecule has 0 aliphatic heterocycles. The van der Waals surface area contributed by atoms with Gasteiger partial charge < -0.3 is 5.32 Å². The van der Waals surface area contributed by atoms with Gasteiger partial charge in [-0.2, -0.15) is 5.10 Å². The summed E-state index contributed by atoms with van der Waals surface area (Å²) in [6.45, 7) is 0.701. The number of aromatic nitrogens is 2. The van der Waals surface area contributed by atoms with Gasteiger partial charge in [-0.25, -0.2) is 4.68 Å². The lowest BCUT2D eigenvalue weighted by molar-refractivity contribution is 0.880. The average Bonchev–Trinajstić information content (AvgIpc) is 2.96. The van der Waals surface area contributed by atoms with Crippen molar-refractivity contribution < 1.29 is 0 Å². The highest BCUT2D eigenvalue weighted by atomic mass is 79.9. The van der Waals surface area contributed by atoms with Crippen molar-refractivity contribution in [3.63, 3.8) is 0 Å². The number of rotatable bonds is 4. The fourth-order valence-corrected chi connectivity index (χ4v) is 2.83. The number of anilines is 1. The molecule has 0 bridgehead atoms. The van der Waals surface area contributed by atoms with Crippen LogP contribution >= 0.6 is 27.5 Å². The average molecular weight is 363 g/mol. The molecule has 1 heterocycles. The Morgan fingerprint density at radius 1 is 1.14 bits per heavy atom. The van der Waals surface area contributed by atoms with Crippen LogP contribution in [-0.4, -0.2) is 9.78 Å². The summed E-state index contributed by atoms with van der Waals surface area (Å²) in [5, 5.41) is 8.45. The fraction of sp³-hybridized carbons (Fsp3) is 0.0625. The minimum atomic E-state index is 0.701. The standard InChI is InChI=1S/C16H13BrClN3/c17-15-8-13(18)6-7-16(15)19-9-12-10-20-21(11-12)14-4-2-1-3-5-14/h1-8,10-11,19H,9H2. The number of hydrogen-bond acceptors (Lipinski definition) is 2. The van der Waals surface area contributed by atoms with Crippen LogP contribution in [0.25, 0.3) is 5.69 Å². The lowest BCUT2D eigenvalue weighted by Gasteiger charge is -2.07. The van der Waals surface area contributed by atoms with Crippen molar-refractivity contribution in [2.45, 2.75) is 6.54 Å². The third-order valence-electron chi connectivity index (χ3n) is 3.07. The first-order valence-corrected chi connectivity index (χ1v) is 7.67. The van der Waals surface area contributed by atoms with Crippen LogP contribution in [-0.2, 0) is 6.54 Å². The molecule has 2 aromatic carbocycles. The number of benzene rings is 2. The lowest BCUT2D eigenvalue weighted by Crippen LogP contribution is -1.99. The van der Waals surface area contributed by atoms with Crippen LogP contribution in [0.3, 0.4) is 0 Å². The monoisotopic (exact) mass is 361 g/mol. The van der Waals surface area contributed by atoms with Gasteiger partial charge in [-0.15, -0.1) is 0 Å². The van der Waals surface area contributed by atoms with Crippen molar-refractivity contribution in [2.75, 3.05) is 5.32 Å². The van der Waals surface area contributed by atoms with Crippen LogP contribution in [0.5, 0.6) is 0 Å². The summed E-state index contributed by atoms with van der Waals surface area (Å²) in [5.41, 5.74) is 3.17. The smallest absolute Gasteiger partial charge is 0.0645 e. The van der Waals surface area contributed by atoms with Crippen molar-refractivity contribution in [2.24, 2.45) is 0 Å². The molecular weight excluding hydrogens is 350 g/mol. The van der Waals surface area contributed by atoms with Crippen LogP contribution in [0.1, 0.15) is 5.56 Å². The first kappa shape index (κ1) is 14.2. The van der Waals surface area contributed by atoms with Crippen LogP contribution in [0.4, 0.5) is 5.69 Å². The van der Waals surface area contributed by atoms with E-state index in [2.05, 4.69) is 26.3 Å². The Labute approximate surface area is 136 Å². The molecule has 0 unspecified atom stereocenters. The summed E-state index contributed by atoms with van der Waals surface area (Å²) in [5.74, 6) is 0. The molecule has 0 atom stereocenters. The maximum atomic E-state index is 5.93. The highest BCUT2D eigenvalue weighted by Gasteiger charge is 2.03. The molecule has 1 aromatic heterocycles. The Morgan fingerprint density at radius 3 is 2.71 bits per heavy atom. The Morgan fingerprint density at radius 2 is 1.95 bits per heavy atom. The lowest BCUT2D eigenvalue weighted by atomic mass is 10.3. The zero-order valence-corrected chi connectivity index (χ0v) is 13.5. The van der Waals surface area contributed by atoms with Gasteiger partial charge in [0, 0.05) is 33.5 Å². The van der Waals surface area contributed by atoms with E-state index in [0.717, 1.165) is 21.4 Å². The fourth-order valence-electron chi connectivity index (χ4n) is 2.00. The predicted molar refractivity (Wildman–Crippen MR) is 90.0 cm³/mol. The molecule has 0 amide bonds. The summed E-state index contributed by atoms with van der Waals surface area (Å²) in [6.07, 6.45) is 3.88. The van der Waals surface area contributed by atoms with Gasteiger partial charge in [0.05, 0.1) is 11.9 Å². The number of para-hydroxylation sites is 1. The van der Waals surface area contributed by atoms with Crippen LogP contribution in [0.2, 0.25) is 5.02 Å². The Balaban J connectivity index is 1.70. The van der Waals surface area contributed by atoms with Gasteiger partial charge in [-0.05, 0) is 46.3 Å². The highest BCUT2D eigenvalue weighted by Crippen LogP contribution is 2.26. The number of nitrogens with one attached hydrogen (secondary N) is 1. The normalized spacial score (nSPS) is 10.6. The van der Waals surface area contributed by atoms with Gasteiger partial charge in [0.25, 0.3) is 0 Å². The Hall–Kier alpha value is -1.78. The predicted octanol–water partition coefficient (Wildman–Crippen LogP) is 4.90. The summed E-state index contributed by atoms with van der Waals surface area (Å²) in [4.78, 5) is 0. The second kappa shape index (κ2) is 6.33. The molecule has 3 aromatic rings. The SMILES string of the molecule is Clc1ccc(NCc2cnn(-c3ccccc3)c2)c(Br)c1. The van der Waals surface area contributed by atoms with Crippen LogP contribution in [0, 0.1) is 0 Å². The summed E-state index contributed by atoms with van der Waals surface area (Å²) >= 11 is 9.43. The minimum absolute atomic E-state index is 0.701. The van der Waals surface area contributed by atoms with Gasteiger partial charge >= 0.3 is 0 Å². The van der Waals surface area contributed by atoms with Crippen LogP contribution in [0.15, 0.2) is 65.4 Å². The molecule has 3 rings (SSSR count). The molecule has 0 radical (unpaired) electrons. The van der Waals surface area contributed by atoms with Crippen LogP contribution < -0.4 is 5.32 Å². The van der Waals surface area contributed by atoms with E-state index in [1.807, 2.05) is 65.6 Å². The van der Waals surface area contributed by atoms with Crippen molar-refractivity contribution in [1.82, 2.24) is 9.78 Å². The first-order chi connectivity index (χ1) is 10.2. The van der Waals surface area contributed by atoms with Gasteiger partial charge in [-0.1, -0.05) is 29.8 Å². The molecular formula is C16H13BrClN3. The number of nitrogens with zero attached hydrogens (tertiary/aromatic N) is 2. The summed E-state index contributed by atoms with van der Waals surface area (Å²) < 4.78 is 2.82. The molecule has 21 heavy (non-hydrogen) atoms. The van der Waals surface area contributed by atoms with Crippen molar-refractivity contribution in [1.29, 1.82) is 0 Å². The Bertz CT molecular complexity index is 740. The van der Waals surface area contributed by atoms with E-state index >= 15 is 0 Å². The van der Waals surface area contributed by atoms with E-state index < -0.39 is 0 Å². The molecule has 0 saturated heterocycles. The molecule has 0 fully saturated rings. The molecule has 0 aliphatic rings. The van der Waals surface area contributed by atoms with E-state index in [-0.39, 0.29) is 0 Å².